The Kier molecular flexibility index (Phi) is 4.78. The summed E-state index contributed by atoms with van der Waals surface area (Å²) in [6, 6.07) is 10.2. The van der Waals surface area contributed by atoms with Crippen molar-refractivity contribution < 1.29 is 14.0 Å². The Morgan fingerprint density at radius 3 is 2.54 bits per heavy atom. The van der Waals surface area contributed by atoms with Crippen LogP contribution in [-0.2, 0) is 17.9 Å². The van der Waals surface area contributed by atoms with Gasteiger partial charge in [0.15, 0.2) is 0 Å². The van der Waals surface area contributed by atoms with E-state index in [-0.39, 0.29) is 12.5 Å². The number of carbonyl (C=O) groups excluding carboxylic acids is 2. The second-order valence-electron chi connectivity index (χ2n) is 5.85. The Bertz CT molecular complexity index is 928. The number of furan rings is 1. The van der Waals surface area contributed by atoms with Crippen molar-refractivity contribution in [2.75, 3.05) is 7.05 Å². The van der Waals surface area contributed by atoms with E-state index in [9.17, 15) is 9.59 Å². The van der Waals surface area contributed by atoms with Gasteiger partial charge in [-0.05, 0) is 36.4 Å². The standard InChI is InChI=1S/C17H18N6O3/c1-11-3-8-14(26-11)9-22(2)15(24)10-23-20-17(19-21-23)13-6-4-12(5-7-13)16(18)25/h3-8H,9-10H2,1-2H3,(H2,18,25). The van der Waals surface area contributed by atoms with Crippen LogP contribution in [0.1, 0.15) is 21.9 Å². The Morgan fingerprint density at radius 2 is 1.92 bits per heavy atom. The van der Waals surface area contributed by atoms with E-state index in [1.54, 1.807) is 31.3 Å². The molecule has 0 atom stereocenters. The maximum atomic E-state index is 12.3. The minimum Gasteiger partial charge on any atom is -0.464 e. The molecule has 9 nitrogen and oxygen atoms in total. The highest BCUT2D eigenvalue weighted by molar-refractivity contribution is 5.93. The number of aromatic nitrogens is 4. The summed E-state index contributed by atoms with van der Waals surface area (Å²) >= 11 is 0. The fraction of sp³-hybridized carbons (Fsp3) is 0.235. The molecule has 0 bridgehead atoms. The third-order valence-electron chi connectivity index (χ3n) is 3.77. The lowest BCUT2D eigenvalue weighted by molar-refractivity contribution is -0.131. The van der Waals surface area contributed by atoms with Crippen molar-refractivity contribution >= 4 is 11.8 Å². The molecule has 2 N–H and O–H groups in total. The molecule has 0 spiro atoms. The molecule has 0 aliphatic rings. The molecule has 0 saturated heterocycles. The van der Waals surface area contributed by atoms with E-state index in [1.807, 2.05) is 19.1 Å². The summed E-state index contributed by atoms with van der Waals surface area (Å²) in [5.41, 5.74) is 6.28. The summed E-state index contributed by atoms with van der Waals surface area (Å²) in [4.78, 5) is 26.1. The predicted molar refractivity (Wildman–Crippen MR) is 91.7 cm³/mol. The summed E-state index contributed by atoms with van der Waals surface area (Å²) < 4.78 is 5.47. The van der Waals surface area contributed by atoms with E-state index >= 15 is 0 Å². The Hall–Kier alpha value is -3.49. The number of nitrogens with zero attached hydrogens (tertiary/aromatic N) is 5. The number of nitrogens with two attached hydrogens (primary N) is 1. The highest BCUT2D eigenvalue weighted by atomic mass is 16.3. The van der Waals surface area contributed by atoms with Gasteiger partial charge in [-0.25, -0.2) is 0 Å². The Morgan fingerprint density at radius 1 is 1.19 bits per heavy atom. The van der Waals surface area contributed by atoms with E-state index in [4.69, 9.17) is 10.2 Å². The smallest absolute Gasteiger partial charge is 0.248 e. The van der Waals surface area contributed by atoms with Crippen LogP contribution >= 0.6 is 0 Å². The molecular weight excluding hydrogens is 336 g/mol. The zero-order valence-corrected chi connectivity index (χ0v) is 14.4. The van der Waals surface area contributed by atoms with Crippen molar-refractivity contribution in [3.8, 4) is 11.4 Å². The lowest BCUT2D eigenvalue weighted by atomic mass is 10.1. The topological polar surface area (TPSA) is 120 Å². The number of hydrogen-bond acceptors (Lipinski definition) is 6. The molecule has 2 heterocycles. The molecule has 0 fully saturated rings. The second kappa shape index (κ2) is 7.18. The first-order valence-electron chi connectivity index (χ1n) is 7.89. The molecule has 0 unspecified atom stereocenters. The fourth-order valence-corrected chi connectivity index (χ4v) is 2.34. The minimum absolute atomic E-state index is 0.0391. The summed E-state index contributed by atoms with van der Waals surface area (Å²) in [6.07, 6.45) is 0. The molecule has 3 aromatic rings. The number of carbonyl (C=O) groups is 2. The first-order valence-corrected chi connectivity index (χ1v) is 7.89. The van der Waals surface area contributed by atoms with Crippen LogP contribution in [0.2, 0.25) is 0 Å². The van der Waals surface area contributed by atoms with Gasteiger partial charge in [-0.3, -0.25) is 9.59 Å². The average molecular weight is 354 g/mol. The van der Waals surface area contributed by atoms with Crippen molar-refractivity contribution in [1.29, 1.82) is 0 Å². The highest BCUT2D eigenvalue weighted by Gasteiger charge is 2.14. The van der Waals surface area contributed by atoms with Crippen LogP contribution in [0.4, 0.5) is 0 Å². The number of aryl methyl sites for hydroxylation is 1. The van der Waals surface area contributed by atoms with Gasteiger partial charge in [-0.1, -0.05) is 12.1 Å². The Balaban J connectivity index is 1.63. The van der Waals surface area contributed by atoms with Crippen molar-refractivity contribution in [3.05, 3.63) is 53.5 Å². The lowest BCUT2D eigenvalue weighted by Gasteiger charge is -2.14. The zero-order valence-electron chi connectivity index (χ0n) is 14.4. The number of likely N-dealkylation sites (N-methyl/N-ethyl adjacent to an activating group) is 1. The summed E-state index contributed by atoms with van der Waals surface area (Å²) in [5, 5.41) is 12.0. The van der Waals surface area contributed by atoms with Gasteiger partial charge in [0.05, 0.1) is 6.54 Å². The maximum Gasteiger partial charge on any atom is 0.248 e. The van der Waals surface area contributed by atoms with Crippen LogP contribution in [0.3, 0.4) is 0 Å². The first kappa shape index (κ1) is 17.3. The van der Waals surface area contributed by atoms with Crippen LogP contribution < -0.4 is 5.73 Å². The van der Waals surface area contributed by atoms with Gasteiger partial charge < -0.3 is 15.1 Å². The van der Waals surface area contributed by atoms with Crippen LogP contribution in [0.15, 0.2) is 40.8 Å². The van der Waals surface area contributed by atoms with Gasteiger partial charge in [0.2, 0.25) is 17.6 Å². The zero-order chi connectivity index (χ0) is 18.7. The SMILES string of the molecule is Cc1ccc(CN(C)C(=O)Cn2nnc(-c3ccc(C(N)=O)cc3)n2)o1. The van der Waals surface area contributed by atoms with Gasteiger partial charge in [-0.15, -0.1) is 10.2 Å². The van der Waals surface area contributed by atoms with Gasteiger partial charge in [0, 0.05) is 18.2 Å². The second-order valence-corrected chi connectivity index (χ2v) is 5.85. The van der Waals surface area contributed by atoms with Gasteiger partial charge in [-0.2, -0.15) is 4.80 Å². The highest BCUT2D eigenvalue weighted by Crippen LogP contribution is 2.14. The van der Waals surface area contributed by atoms with Gasteiger partial charge in [0.25, 0.3) is 0 Å². The molecule has 0 aliphatic carbocycles. The van der Waals surface area contributed by atoms with Crippen molar-refractivity contribution in [2.45, 2.75) is 20.0 Å². The molecule has 2 amide bonds. The monoisotopic (exact) mass is 354 g/mol. The van der Waals surface area contributed by atoms with E-state index in [2.05, 4.69) is 15.4 Å². The molecule has 1 aromatic carbocycles. The molecular formula is C17H18N6O3. The van der Waals surface area contributed by atoms with E-state index in [0.717, 1.165) is 5.76 Å². The molecule has 134 valence electrons. The van der Waals surface area contributed by atoms with Crippen LogP contribution in [0, 0.1) is 6.92 Å². The summed E-state index contributed by atoms with van der Waals surface area (Å²) in [7, 11) is 1.68. The molecule has 2 aromatic heterocycles. The maximum absolute atomic E-state index is 12.3. The summed E-state index contributed by atoms with van der Waals surface area (Å²) in [5.74, 6) is 1.18. The average Bonchev–Trinajstić information content (AvgIpc) is 3.24. The third-order valence-corrected chi connectivity index (χ3v) is 3.77. The number of benzene rings is 1. The fourth-order valence-electron chi connectivity index (χ4n) is 2.34. The molecule has 0 radical (unpaired) electrons. The molecule has 26 heavy (non-hydrogen) atoms. The first-order chi connectivity index (χ1) is 12.4. The van der Waals surface area contributed by atoms with Crippen LogP contribution in [-0.4, -0.2) is 44.0 Å². The largest absolute Gasteiger partial charge is 0.464 e. The number of primary amides is 1. The van der Waals surface area contributed by atoms with E-state index < -0.39 is 5.91 Å². The summed E-state index contributed by atoms with van der Waals surface area (Å²) in [6.45, 7) is 2.17. The van der Waals surface area contributed by atoms with E-state index in [1.165, 1.54) is 9.70 Å². The van der Waals surface area contributed by atoms with Crippen molar-refractivity contribution in [3.63, 3.8) is 0 Å². The van der Waals surface area contributed by atoms with Crippen LogP contribution in [0.25, 0.3) is 11.4 Å². The molecule has 0 saturated carbocycles. The molecule has 3 rings (SSSR count). The number of rotatable bonds is 6. The quantitative estimate of drug-likeness (QED) is 0.705. The predicted octanol–water partition coefficient (Wildman–Crippen LogP) is 0.999. The Labute approximate surface area is 149 Å². The van der Waals surface area contributed by atoms with Gasteiger partial charge >= 0.3 is 0 Å². The van der Waals surface area contributed by atoms with Gasteiger partial charge in [0.1, 0.15) is 18.1 Å². The third kappa shape index (κ3) is 3.94. The van der Waals surface area contributed by atoms with Crippen molar-refractivity contribution in [2.24, 2.45) is 5.73 Å². The van der Waals surface area contributed by atoms with Crippen LogP contribution in [0.5, 0.6) is 0 Å². The van der Waals surface area contributed by atoms with E-state index in [0.29, 0.717) is 29.3 Å². The normalized spacial score (nSPS) is 10.7. The minimum atomic E-state index is -0.506. The number of amides is 2. The molecule has 9 heteroatoms. The molecule has 0 aliphatic heterocycles. The van der Waals surface area contributed by atoms with Crippen molar-refractivity contribution in [1.82, 2.24) is 25.1 Å². The lowest BCUT2D eigenvalue weighted by Crippen LogP contribution is -2.30. The number of tetrazole rings is 1. The number of hydrogen-bond donors (Lipinski definition) is 1.